The molecule has 0 saturated carbocycles. The first-order valence-corrected chi connectivity index (χ1v) is 6.56. The number of rotatable bonds is 3. The molecule has 0 radical (unpaired) electrons. The Labute approximate surface area is 122 Å². The number of thiol groups is 1. The third-order valence-corrected chi connectivity index (χ3v) is 3.75. The summed E-state index contributed by atoms with van der Waals surface area (Å²) in [5.74, 6) is -1.09. The molecule has 0 aliphatic heterocycles. The molecule has 1 unspecified atom stereocenters. The van der Waals surface area contributed by atoms with E-state index < -0.39 is 10.8 Å². The predicted molar refractivity (Wildman–Crippen MR) is 80.0 cm³/mol. The van der Waals surface area contributed by atoms with Crippen molar-refractivity contribution < 1.29 is 9.90 Å². The third kappa shape index (κ3) is 2.77. The van der Waals surface area contributed by atoms with Crippen LogP contribution in [0.3, 0.4) is 0 Å². The Balaban J connectivity index is 2.47. The highest BCUT2D eigenvalue weighted by Gasteiger charge is 2.34. The summed E-state index contributed by atoms with van der Waals surface area (Å²) >= 11 is 10.4. The largest absolute Gasteiger partial charge is 0.480 e. The lowest BCUT2D eigenvalue weighted by Gasteiger charge is -2.19. The molecule has 0 bridgehead atoms. The minimum absolute atomic E-state index is 0.490. The molecule has 19 heavy (non-hydrogen) atoms. The fourth-order valence-electron chi connectivity index (χ4n) is 1.85. The summed E-state index contributed by atoms with van der Waals surface area (Å²) in [6, 6.07) is 15.2. The lowest BCUT2D eigenvalue weighted by atomic mass is 9.97. The third-order valence-electron chi connectivity index (χ3n) is 3.01. The average Bonchev–Trinajstić information content (AvgIpc) is 2.39. The summed E-state index contributed by atoms with van der Waals surface area (Å²) in [5.41, 5.74) is 2.52. The smallest absolute Gasteiger partial charge is 0.329 e. The van der Waals surface area contributed by atoms with Crippen LogP contribution in [-0.4, -0.2) is 11.1 Å². The SMILES string of the molecule is CC(Cl)(C(=O)O)c1ccc(-c2ccccc2)cc1S. The first-order chi connectivity index (χ1) is 8.93. The summed E-state index contributed by atoms with van der Waals surface area (Å²) in [5, 5.41) is 9.14. The molecule has 2 rings (SSSR count). The van der Waals surface area contributed by atoms with E-state index >= 15 is 0 Å². The first-order valence-electron chi connectivity index (χ1n) is 5.74. The number of halogens is 1. The Kier molecular flexibility index (Phi) is 3.88. The van der Waals surface area contributed by atoms with Crippen molar-refractivity contribution in [3.63, 3.8) is 0 Å². The van der Waals surface area contributed by atoms with Crippen molar-refractivity contribution >= 4 is 30.2 Å². The second-order valence-corrected chi connectivity index (χ2v) is 5.64. The molecule has 2 aromatic carbocycles. The highest BCUT2D eigenvalue weighted by Crippen LogP contribution is 2.35. The maximum absolute atomic E-state index is 11.2. The van der Waals surface area contributed by atoms with Crippen molar-refractivity contribution in [2.75, 3.05) is 0 Å². The molecule has 98 valence electrons. The van der Waals surface area contributed by atoms with Crippen LogP contribution in [0.25, 0.3) is 11.1 Å². The highest BCUT2D eigenvalue weighted by atomic mass is 35.5. The number of aliphatic carboxylic acids is 1. The minimum Gasteiger partial charge on any atom is -0.480 e. The molecule has 1 N–H and O–H groups in total. The normalized spacial score (nSPS) is 13.8. The van der Waals surface area contributed by atoms with Gasteiger partial charge in [-0.25, -0.2) is 4.79 Å². The number of carboxylic acids is 1. The molecule has 1 atom stereocenters. The van der Waals surface area contributed by atoms with Gasteiger partial charge in [0.2, 0.25) is 0 Å². The summed E-state index contributed by atoms with van der Waals surface area (Å²) < 4.78 is 0. The molecule has 0 spiro atoms. The van der Waals surface area contributed by atoms with Crippen LogP contribution >= 0.6 is 24.2 Å². The zero-order valence-electron chi connectivity index (χ0n) is 10.3. The summed E-state index contributed by atoms with van der Waals surface area (Å²) in [6.45, 7) is 1.45. The van der Waals surface area contributed by atoms with Gasteiger partial charge in [-0.05, 0) is 29.7 Å². The minimum atomic E-state index is -1.47. The van der Waals surface area contributed by atoms with Crippen LogP contribution in [-0.2, 0) is 9.67 Å². The van der Waals surface area contributed by atoms with Gasteiger partial charge in [-0.3, -0.25) is 0 Å². The molecule has 0 aliphatic rings. The molecular weight excluding hydrogens is 280 g/mol. The van der Waals surface area contributed by atoms with Crippen molar-refractivity contribution in [1.82, 2.24) is 0 Å². The molecule has 2 aromatic rings. The van der Waals surface area contributed by atoms with Crippen LogP contribution in [0.5, 0.6) is 0 Å². The Morgan fingerprint density at radius 1 is 1.16 bits per heavy atom. The maximum Gasteiger partial charge on any atom is 0.329 e. The van der Waals surface area contributed by atoms with Crippen LogP contribution in [0.1, 0.15) is 12.5 Å². The van der Waals surface area contributed by atoms with Crippen molar-refractivity contribution in [3.05, 3.63) is 54.1 Å². The molecule has 0 aliphatic carbocycles. The number of carboxylic acid groups (broad SMARTS) is 1. The quantitative estimate of drug-likeness (QED) is 0.658. The molecule has 4 heteroatoms. The van der Waals surface area contributed by atoms with E-state index in [0.29, 0.717) is 10.5 Å². The second-order valence-electron chi connectivity index (χ2n) is 4.41. The van der Waals surface area contributed by atoms with E-state index in [0.717, 1.165) is 11.1 Å². The molecule has 2 nitrogen and oxygen atoms in total. The standard InChI is InChI=1S/C15H13ClO2S/c1-15(16,14(17)18)12-8-7-11(9-13(12)19)10-5-3-2-4-6-10/h2-9,19H,1H3,(H,17,18). The van der Waals surface area contributed by atoms with Gasteiger partial charge in [0.1, 0.15) is 0 Å². The highest BCUT2D eigenvalue weighted by molar-refractivity contribution is 7.80. The van der Waals surface area contributed by atoms with Gasteiger partial charge in [0.15, 0.2) is 4.87 Å². The Hall–Kier alpha value is -1.45. The first kappa shape index (κ1) is 14.0. The second kappa shape index (κ2) is 5.27. The van der Waals surface area contributed by atoms with E-state index in [4.69, 9.17) is 16.7 Å². The summed E-state index contributed by atoms with van der Waals surface area (Å²) in [7, 11) is 0. The Morgan fingerprint density at radius 3 is 2.32 bits per heavy atom. The Bertz CT molecular complexity index is 609. The van der Waals surface area contributed by atoms with Gasteiger partial charge >= 0.3 is 5.97 Å². The van der Waals surface area contributed by atoms with E-state index in [9.17, 15) is 4.79 Å². The van der Waals surface area contributed by atoms with Gasteiger partial charge in [-0.1, -0.05) is 42.5 Å². The van der Waals surface area contributed by atoms with Gasteiger partial charge < -0.3 is 5.11 Å². The van der Waals surface area contributed by atoms with Crippen molar-refractivity contribution in [2.45, 2.75) is 16.7 Å². The molecule has 0 saturated heterocycles. The number of carbonyl (C=O) groups is 1. The van der Waals surface area contributed by atoms with Gasteiger partial charge in [0.25, 0.3) is 0 Å². The van der Waals surface area contributed by atoms with Crippen molar-refractivity contribution in [1.29, 1.82) is 0 Å². The number of hydrogen-bond acceptors (Lipinski definition) is 2. The lowest BCUT2D eigenvalue weighted by molar-refractivity contribution is -0.140. The summed E-state index contributed by atoms with van der Waals surface area (Å²) in [6.07, 6.45) is 0. The molecule has 0 fully saturated rings. The molecule has 0 amide bonds. The number of benzene rings is 2. The molecule has 0 aromatic heterocycles. The molecular formula is C15H13ClO2S. The van der Waals surface area contributed by atoms with Gasteiger partial charge in [-0.15, -0.1) is 24.2 Å². The predicted octanol–water partition coefficient (Wildman–Crippen LogP) is 4.18. The van der Waals surface area contributed by atoms with E-state index in [1.807, 2.05) is 42.5 Å². The van der Waals surface area contributed by atoms with Crippen LogP contribution in [0.4, 0.5) is 0 Å². The zero-order chi connectivity index (χ0) is 14.0. The van der Waals surface area contributed by atoms with Crippen LogP contribution in [0.2, 0.25) is 0 Å². The van der Waals surface area contributed by atoms with Crippen LogP contribution in [0, 0.1) is 0 Å². The lowest BCUT2D eigenvalue weighted by Crippen LogP contribution is -2.26. The monoisotopic (exact) mass is 292 g/mol. The average molecular weight is 293 g/mol. The number of alkyl halides is 1. The van der Waals surface area contributed by atoms with Gasteiger partial charge in [0.05, 0.1) is 0 Å². The van der Waals surface area contributed by atoms with E-state index in [-0.39, 0.29) is 0 Å². The topological polar surface area (TPSA) is 37.3 Å². The van der Waals surface area contributed by atoms with Crippen LogP contribution in [0.15, 0.2) is 53.4 Å². The molecule has 0 heterocycles. The fourth-order valence-corrected chi connectivity index (χ4v) is 2.52. The zero-order valence-corrected chi connectivity index (χ0v) is 11.9. The van der Waals surface area contributed by atoms with Gasteiger partial charge in [0, 0.05) is 4.90 Å². The van der Waals surface area contributed by atoms with Crippen LogP contribution < -0.4 is 0 Å². The van der Waals surface area contributed by atoms with E-state index in [1.165, 1.54) is 6.92 Å². The maximum atomic E-state index is 11.2. The van der Waals surface area contributed by atoms with E-state index in [1.54, 1.807) is 6.07 Å². The number of hydrogen-bond donors (Lipinski definition) is 2. The van der Waals surface area contributed by atoms with E-state index in [2.05, 4.69) is 12.6 Å². The van der Waals surface area contributed by atoms with Gasteiger partial charge in [-0.2, -0.15) is 0 Å². The van der Waals surface area contributed by atoms with Crippen molar-refractivity contribution in [3.8, 4) is 11.1 Å². The Morgan fingerprint density at radius 2 is 1.79 bits per heavy atom. The van der Waals surface area contributed by atoms with Crippen molar-refractivity contribution in [2.24, 2.45) is 0 Å². The fraction of sp³-hybridized carbons (Fsp3) is 0.133. The summed E-state index contributed by atoms with van der Waals surface area (Å²) in [4.78, 5) is 10.3.